The van der Waals surface area contributed by atoms with Crippen LogP contribution in [0, 0.1) is 11.6 Å². The number of hydrogen-bond acceptors (Lipinski definition) is 9. The molecular weight excluding hydrogens is 628 g/mol. The lowest BCUT2D eigenvalue weighted by Gasteiger charge is -2.34. The Morgan fingerprint density at radius 3 is 2.18 bits per heavy atom. The maximum Gasteiger partial charge on any atom is 0.409 e. The number of sulfonamides is 1. The molecule has 0 bridgehead atoms. The average Bonchev–Trinajstić information content (AvgIpc) is 3.24. The van der Waals surface area contributed by atoms with Gasteiger partial charge in [-0.05, 0) is 49.4 Å². The van der Waals surface area contributed by atoms with Crippen LogP contribution in [-0.2, 0) is 24.3 Å². The monoisotopic (exact) mass is 657 g/mol. The number of nitrogens with one attached hydrogen (secondary N) is 1. The molecule has 1 fully saturated rings. The van der Waals surface area contributed by atoms with Crippen LogP contribution >= 0.6 is 11.6 Å². The van der Waals surface area contributed by atoms with Gasteiger partial charge in [0.25, 0.3) is 15.9 Å². The van der Waals surface area contributed by atoms with Crippen molar-refractivity contribution in [2.45, 2.75) is 11.8 Å². The van der Waals surface area contributed by atoms with Crippen LogP contribution in [0.5, 0.6) is 11.5 Å². The Morgan fingerprint density at radius 2 is 1.59 bits per heavy atom. The van der Waals surface area contributed by atoms with Crippen molar-refractivity contribution in [3.8, 4) is 11.5 Å². The zero-order chi connectivity index (χ0) is 32.0. The zero-order valence-corrected chi connectivity index (χ0v) is 25.1. The standard InChI is InChI=1S/C27H30ClF2N5O8S/c1-2-42-27(38)34-11-9-32(10-12-34)17-24(36)33-8-7-23(26(37)31-39)35(14-13-33)44(40,41)20-15-21(29)25(22(30)16-20)43-19-5-3-18(28)4-6-19/h3-7,15-16,39H,2,8-14,17H2,1H3,(H,31,37). The third kappa shape index (κ3) is 7.56. The predicted molar refractivity (Wildman–Crippen MR) is 151 cm³/mol. The van der Waals surface area contributed by atoms with Gasteiger partial charge in [0.1, 0.15) is 11.4 Å². The fourth-order valence-corrected chi connectivity index (χ4v) is 6.21. The number of piperazine rings is 1. The normalized spacial score (nSPS) is 16.2. The molecule has 0 aliphatic carbocycles. The predicted octanol–water partition coefficient (Wildman–Crippen LogP) is 2.41. The molecule has 0 saturated carbocycles. The summed E-state index contributed by atoms with van der Waals surface area (Å²) < 4.78 is 67.9. The Morgan fingerprint density at radius 1 is 0.977 bits per heavy atom. The molecule has 4 rings (SSSR count). The molecule has 2 heterocycles. The van der Waals surface area contributed by atoms with E-state index in [4.69, 9.17) is 21.1 Å². The number of ether oxygens (including phenoxy) is 2. The maximum absolute atomic E-state index is 15.0. The van der Waals surface area contributed by atoms with Gasteiger partial charge in [-0.15, -0.1) is 0 Å². The average molecular weight is 658 g/mol. The van der Waals surface area contributed by atoms with Gasteiger partial charge < -0.3 is 19.3 Å². The number of benzene rings is 2. The van der Waals surface area contributed by atoms with Crippen molar-refractivity contribution in [2.24, 2.45) is 0 Å². The van der Waals surface area contributed by atoms with Gasteiger partial charge in [0.05, 0.1) is 24.6 Å². The minimum Gasteiger partial charge on any atom is -0.451 e. The molecule has 13 nitrogen and oxygen atoms in total. The minimum atomic E-state index is -4.78. The van der Waals surface area contributed by atoms with Crippen LogP contribution in [0.25, 0.3) is 0 Å². The molecule has 238 valence electrons. The Kier molecular flexibility index (Phi) is 10.6. The topological polar surface area (TPSA) is 149 Å². The van der Waals surface area contributed by atoms with Crippen LogP contribution in [0.2, 0.25) is 5.02 Å². The van der Waals surface area contributed by atoms with E-state index in [1.807, 2.05) is 4.90 Å². The number of hydroxylamine groups is 1. The molecule has 17 heteroatoms. The Balaban J connectivity index is 1.49. The molecule has 2 aliphatic rings. The quantitative estimate of drug-likeness (QED) is 0.322. The van der Waals surface area contributed by atoms with Crippen molar-refractivity contribution < 1.29 is 46.3 Å². The highest BCUT2D eigenvalue weighted by atomic mass is 35.5. The second-order valence-electron chi connectivity index (χ2n) is 9.68. The van der Waals surface area contributed by atoms with E-state index in [1.165, 1.54) is 39.5 Å². The first-order valence-corrected chi connectivity index (χ1v) is 15.3. The fraction of sp³-hybridized carbons (Fsp3) is 0.370. The van der Waals surface area contributed by atoms with Gasteiger partial charge in [-0.1, -0.05) is 11.6 Å². The van der Waals surface area contributed by atoms with E-state index in [-0.39, 0.29) is 37.9 Å². The number of rotatable bonds is 8. The van der Waals surface area contributed by atoms with Gasteiger partial charge in [-0.3, -0.25) is 24.0 Å². The van der Waals surface area contributed by atoms with Gasteiger partial charge in [0.2, 0.25) is 5.91 Å². The van der Waals surface area contributed by atoms with E-state index in [9.17, 15) is 36.8 Å². The molecule has 0 unspecified atom stereocenters. The number of amides is 3. The maximum atomic E-state index is 15.0. The highest BCUT2D eigenvalue weighted by molar-refractivity contribution is 7.89. The number of halogens is 3. The van der Waals surface area contributed by atoms with Gasteiger partial charge in [-0.25, -0.2) is 27.5 Å². The summed E-state index contributed by atoms with van der Waals surface area (Å²) in [6, 6.07) is 6.69. The number of carbonyl (C=O) groups is 3. The van der Waals surface area contributed by atoms with Crippen LogP contribution in [0.4, 0.5) is 13.6 Å². The summed E-state index contributed by atoms with van der Waals surface area (Å²) in [5, 5.41) is 9.63. The summed E-state index contributed by atoms with van der Waals surface area (Å²) >= 11 is 5.81. The molecule has 2 aromatic carbocycles. The van der Waals surface area contributed by atoms with Gasteiger partial charge in [0, 0.05) is 44.3 Å². The number of nitrogens with zero attached hydrogens (tertiary/aromatic N) is 4. The highest BCUT2D eigenvalue weighted by Crippen LogP contribution is 2.32. The van der Waals surface area contributed by atoms with Gasteiger partial charge in [0.15, 0.2) is 17.4 Å². The smallest absolute Gasteiger partial charge is 0.409 e. The molecule has 0 spiro atoms. The molecule has 0 radical (unpaired) electrons. The van der Waals surface area contributed by atoms with E-state index >= 15 is 0 Å². The number of hydrogen-bond donors (Lipinski definition) is 2. The third-order valence-electron chi connectivity index (χ3n) is 6.88. The highest BCUT2D eigenvalue weighted by Gasteiger charge is 2.35. The fourth-order valence-electron chi connectivity index (χ4n) is 4.59. The van der Waals surface area contributed by atoms with E-state index in [1.54, 1.807) is 6.92 Å². The van der Waals surface area contributed by atoms with E-state index < -0.39 is 56.5 Å². The molecule has 3 amide bonds. The second kappa shape index (κ2) is 14.2. The molecule has 1 saturated heterocycles. The van der Waals surface area contributed by atoms with Crippen LogP contribution in [0.1, 0.15) is 6.92 Å². The summed E-state index contributed by atoms with van der Waals surface area (Å²) in [6.45, 7) is 2.61. The van der Waals surface area contributed by atoms with Gasteiger partial charge in [-0.2, -0.15) is 0 Å². The Hall–Kier alpha value is -3.99. The summed E-state index contributed by atoms with van der Waals surface area (Å²) in [7, 11) is -4.78. The Labute approximate surface area is 257 Å². The molecule has 44 heavy (non-hydrogen) atoms. The molecule has 2 aromatic rings. The summed E-state index contributed by atoms with van der Waals surface area (Å²) in [5.74, 6) is -5.05. The third-order valence-corrected chi connectivity index (χ3v) is 8.93. The summed E-state index contributed by atoms with van der Waals surface area (Å²) in [6.07, 6.45) is 0.688. The zero-order valence-electron chi connectivity index (χ0n) is 23.5. The molecule has 0 aromatic heterocycles. The van der Waals surface area contributed by atoms with E-state index in [0.717, 1.165) is 6.08 Å². The summed E-state index contributed by atoms with van der Waals surface area (Å²) in [5.41, 5.74) is 0.818. The van der Waals surface area contributed by atoms with E-state index in [0.29, 0.717) is 47.6 Å². The van der Waals surface area contributed by atoms with Crippen molar-refractivity contribution in [1.29, 1.82) is 0 Å². The van der Waals surface area contributed by atoms with Crippen LogP contribution < -0.4 is 10.2 Å². The molecule has 0 atom stereocenters. The van der Waals surface area contributed by atoms with Crippen molar-refractivity contribution >= 4 is 39.5 Å². The van der Waals surface area contributed by atoms with Gasteiger partial charge >= 0.3 is 6.09 Å². The van der Waals surface area contributed by atoms with Crippen molar-refractivity contribution in [3.05, 3.63) is 64.8 Å². The molecule has 2 N–H and O–H groups in total. The van der Waals surface area contributed by atoms with Crippen molar-refractivity contribution in [3.63, 3.8) is 0 Å². The lowest BCUT2D eigenvalue weighted by atomic mass is 10.3. The second-order valence-corrected chi connectivity index (χ2v) is 12.0. The largest absolute Gasteiger partial charge is 0.451 e. The molecule has 2 aliphatic heterocycles. The Bertz CT molecular complexity index is 1510. The summed E-state index contributed by atoms with van der Waals surface area (Å²) in [4.78, 5) is 41.4. The number of carbonyl (C=O) groups excluding carboxylic acids is 3. The first-order chi connectivity index (χ1) is 20.9. The van der Waals surface area contributed by atoms with Crippen LogP contribution in [0.15, 0.2) is 53.1 Å². The SMILES string of the molecule is CCOC(=O)N1CCN(CC(=O)N2CC=C(C(=O)NO)N(S(=O)(=O)c3cc(F)c(Oc4ccc(Cl)cc4)c(F)c3)CC2)CC1. The molecular formula is C27H30ClF2N5O8S. The van der Waals surface area contributed by atoms with Crippen molar-refractivity contribution in [2.75, 3.05) is 59.0 Å². The van der Waals surface area contributed by atoms with Crippen LogP contribution in [-0.4, -0.2) is 110 Å². The van der Waals surface area contributed by atoms with Crippen molar-refractivity contribution in [1.82, 2.24) is 24.5 Å². The first-order valence-electron chi connectivity index (χ1n) is 13.5. The lowest BCUT2D eigenvalue weighted by Crippen LogP contribution is -2.52. The van der Waals surface area contributed by atoms with E-state index in [2.05, 4.69) is 0 Å². The lowest BCUT2D eigenvalue weighted by molar-refractivity contribution is -0.132. The van der Waals surface area contributed by atoms with Crippen LogP contribution in [0.3, 0.4) is 0 Å². The first kappa shape index (κ1) is 32.9. The minimum absolute atomic E-state index is 0.0374.